The molecule has 16 heavy (non-hydrogen) atoms. The van der Waals surface area contributed by atoms with Crippen molar-refractivity contribution < 1.29 is 9.47 Å². The van der Waals surface area contributed by atoms with E-state index in [1.54, 1.807) is 0 Å². The average molecular weight is 354 g/mol. The molecular formula is C10H16BrCl3O2. The molecule has 1 aliphatic rings. The molecule has 6 heteroatoms. The molecule has 0 saturated carbocycles. The lowest BCUT2D eigenvalue weighted by Gasteiger charge is -2.33. The van der Waals surface area contributed by atoms with Crippen molar-refractivity contribution in [1.82, 2.24) is 0 Å². The summed E-state index contributed by atoms with van der Waals surface area (Å²) in [6, 6.07) is 0. The van der Waals surface area contributed by atoms with E-state index in [0.29, 0.717) is 19.6 Å². The van der Waals surface area contributed by atoms with Crippen molar-refractivity contribution in [3.05, 3.63) is 0 Å². The first-order chi connectivity index (χ1) is 7.21. The quantitative estimate of drug-likeness (QED) is 0.701. The molecule has 1 heterocycles. The molecule has 96 valence electrons. The van der Waals surface area contributed by atoms with E-state index < -0.39 is 3.79 Å². The van der Waals surface area contributed by atoms with Gasteiger partial charge in [-0.05, 0) is 5.41 Å². The van der Waals surface area contributed by atoms with Crippen LogP contribution in [0.4, 0.5) is 0 Å². The van der Waals surface area contributed by atoms with Gasteiger partial charge >= 0.3 is 0 Å². The van der Waals surface area contributed by atoms with E-state index in [2.05, 4.69) is 29.8 Å². The van der Waals surface area contributed by atoms with Crippen LogP contribution in [0.25, 0.3) is 0 Å². The molecule has 0 aromatic carbocycles. The van der Waals surface area contributed by atoms with E-state index in [1.165, 1.54) is 0 Å². The number of hydrogen-bond acceptors (Lipinski definition) is 2. The Kier molecular flexibility index (Phi) is 5.69. The van der Waals surface area contributed by atoms with Gasteiger partial charge in [-0.3, -0.25) is 0 Å². The third-order valence-corrected chi connectivity index (χ3v) is 4.67. The van der Waals surface area contributed by atoms with Crippen LogP contribution < -0.4 is 0 Å². The standard InChI is InChI=1S/C10H16BrCl3O2/c1-9(2,6-8-15-3-4-16-8)7(11)5-10(12,13)14/h7-8H,3-6H2,1-2H3. The highest BCUT2D eigenvalue weighted by molar-refractivity contribution is 9.09. The normalized spacial score (nSPS) is 21.4. The van der Waals surface area contributed by atoms with Crippen LogP contribution in [0.3, 0.4) is 0 Å². The van der Waals surface area contributed by atoms with Crippen LogP contribution in [0.5, 0.6) is 0 Å². The maximum atomic E-state index is 5.79. The van der Waals surface area contributed by atoms with Crippen molar-refractivity contribution in [1.29, 1.82) is 0 Å². The smallest absolute Gasteiger partial charge is 0.191 e. The Balaban J connectivity index is 2.47. The first-order valence-corrected chi connectivity index (χ1v) is 7.20. The highest BCUT2D eigenvalue weighted by atomic mass is 79.9. The summed E-state index contributed by atoms with van der Waals surface area (Å²) in [7, 11) is 0. The summed E-state index contributed by atoms with van der Waals surface area (Å²) in [5.41, 5.74) is -0.0566. The van der Waals surface area contributed by atoms with Gasteiger partial charge in [-0.2, -0.15) is 0 Å². The fraction of sp³-hybridized carbons (Fsp3) is 1.00. The fourth-order valence-electron chi connectivity index (χ4n) is 1.56. The highest BCUT2D eigenvalue weighted by Gasteiger charge is 2.37. The molecule has 1 unspecified atom stereocenters. The minimum atomic E-state index is -1.23. The Bertz CT molecular complexity index is 225. The average Bonchev–Trinajstić information content (AvgIpc) is 2.52. The molecule has 1 aliphatic heterocycles. The van der Waals surface area contributed by atoms with Gasteiger partial charge in [0.05, 0.1) is 13.2 Å². The second-order valence-electron chi connectivity index (χ2n) is 4.65. The molecule has 0 radical (unpaired) electrons. The zero-order valence-corrected chi connectivity index (χ0v) is 13.2. The SMILES string of the molecule is CC(C)(CC1OCCO1)C(Br)CC(Cl)(Cl)Cl. The van der Waals surface area contributed by atoms with E-state index in [0.717, 1.165) is 6.42 Å². The maximum absolute atomic E-state index is 5.79. The van der Waals surface area contributed by atoms with Gasteiger partial charge in [0.15, 0.2) is 10.1 Å². The Hall–Kier alpha value is 1.27. The Morgan fingerprint density at radius 1 is 1.25 bits per heavy atom. The van der Waals surface area contributed by atoms with E-state index >= 15 is 0 Å². The second kappa shape index (κ2) is 5.94. The molecule has 0 spiro atoms. The molecule has 0 bridgehead atoms. The van der Waals surface area contributed by atoms with Gasteiger partial charge in [-0.15, -0.1) is 0 Å². The number of halogens is 4. The second-order valence-corrected chi connectivity index (χ2v) is 8.27. The summed E-state index contributed by atoms with van der Waals surface area (Å²) in [6.45, 7) is 5.54. The lowest BCUT2D eigenvalue weighted by atomic mass is 9.84. The van der Waals surface area contributed by atoms with E-state index in [4.69, 9.17) is 44.3 Å². The molecule has 0 amide bonds. The topological polar surface area (TPSA) is 18.5 Å². The van der Waals surface area contributed by atoms with Crippen molar-refractivity contribution in [3.63, 3.8) is 0 Å². The van der Waals surface area contributed by atoms with Gasteiger partial charge in [0.1, 0.15) is 0 Å². The van der Waals surface area contributed by atoms with Crippen LogP contribution in [0, 0.1) is 5.41 Å². The predicted octanol–water partition coefficient (Wildman–Crippen LogP) is 4.30. The van der Waals surface area contributed by atoms with E-state index in [1.807, 2.05) is 0 Å². The predicted molar refractivity (Wildman–Crippen MR) is 71.7 cm³/mol. The Labute approximate surface area is 120 Å². The fourth-order valence-corrected chi connectivity index (χ4v) is 3.26. The molecule has 0 aromatic heterocycles. The van der Waals surface area contributed by atoms with Crippen molar-refractivity contribution in [3.8, 4) is 0 Å². The molecule has 1 saturated heterocycles. The third kappa shape index (κ3) is 5.28. The number of ether oxygens (including phenoxy) is 2. The molecule has 0 N–H and O–H groups in total. The summed E-state index contributed by atoms with van der Waals surface area (Å²) < 4.78 is 9.62. The van der Waals surface area contributed by atoms with Crippen LogP contribution in [-0.2, 0) is 9.47 Å². The van der Waals surface area contributed by atoms with Crippen LogP contribution >= 0.6 is 50.7 Å². The van der Waals surface area contributed by atoms with Crippen molar-refractivity contribution in [2.45, 2.75) is 41.6 Å². The number of rotatable bonds is 4. The van der Waals surface area contributed by atoms with Crippen molar-refractivity contribution >= 4 is 50.7 Å². The zero-order valence-electron chi connectivity index (χ0n) is 9.31. The monoisotopic (exact) mass is 352 g/mol. The first-order valence-electron chi connectivity index (χ1n) is 5.15. The highest BCUT2D eigenvalue weighted by Crippen LogP contribution is 2.42. The van der Waals surface area contributed by atoms with Crippen molar-refractivity contribution in [2.75, 3.05) is 13.2 Å². The van der Waals surface area contributed by atoms with Gasteiger partial charge in [0, 0.05) is 17.7 Å². The molecular weight excluding hydrogens is 338 g/mol. The molecule has 1 rings (SSSR count). The minimum absolute atomic E-state index is 0.0566. The van der Waals surface area contributed by atoms with Gasteiger partial charge in [0.25, 0.3) is 0 Å². The lowest BCUT2D eigenvalue weighted by molar-refractivity contribution is -0.0680. The van der Waals surface area contributed by atoms with E-state index in [-0.39, 0.29) is 16.5 Å². The maximum Gasteiger partial charge on any atom is 0.191 e. The molecule has 2 nitrogen and oxygen atoms in total. The largest absolute Gasteiger partial charge is 0.350 e. The first kappa shape index (κ1) is 15.3. The zero-order chi connectivity index (χ0) is 12.4. The molecule has 1 atom stereocenters. The van der Waals surface area contributed by atoms with Gasteiger partial charge in [-0.1, -0.05) is 64.6 Å². The third-order valence-electron chi connectivity index (χ3n) is 2.64. The Morgan fingerprint density at radius 3 is 2.19 bits per heavy atom. The van der Waals surface area contributed by atoms with Crippen LogP contribution in [0.2, 0.25) is 0 Å². The number of alkyl halides is 4. The van der Waals surface area contributed by atoms with Gasteiger partial charge < -0.3 is 9.47 Å². The number of hydrogen-bond donors (Lipinski definition) is 0. The molecule has 1 fully saturated rings. The molecule has 0 aliphatic carbocycles. The van der Waals surface area contributed by atoms with Crippen LogP contribution in [0.15, 0.2) is 0 Å². The van der Waals surface area contributed by atoms with Gasteiger partial charge in [-0.25, -0.2) is 0 Å². The van der Waals surface area contributed by atoms with Crippen molar-refractivity contribution in [2.24, 2.45) is 5.41 Å². The summed E-state index contributed by atoms with van der Waals surface area (Å²) in [5.74, 6) is 0. The van der Waals surface area contributed by atoms with E-state index in [9.17, 15) is 0 Å². The van der Waals surface area contributed by atoms with Gasteiger partial charge in [0.2, 0.25) is 0 Å². The Morgan fingerprint density at radius 2 is 1.75 bits per heavy atom. The summed E-state index contributed by atoms with van der Waals surface area (Å²) >= 11 is 20.9. The van der Waals surface area contributed by atoms with Crippen LogP contribution in [0.1, 0.15) is 26.7 Å². The lowest BCUT2D eigenvalue weighted by Crippen LogP contribution is -2.32. The summed E-state index contributed by atoms with van der Waals surface area (Å²) in [6.07, 6.45) is 1.10. The summed E-state index contributed by atoms with van der Waals surface area (Å²) in [5, 5.41) is 0. The molecule has 0 aromatic rings. The van der Waals surface area contributed by atoms with Crippen LogP contribution in [-0.4, -0.2) is 28.1 Å². The summed E-state index contributed by atoms with van der Waals surface area (Å²) in [4.78, 5) is 0.0975. The minimum Gasteiger partial charge on any atom is -0.350 e.